The maximum atomic E-state index is 10.8. The molecule has 1 saturated heterocycles. The van der Waals surface area contributed by atoms with Gasteiger partial charge in [0.2, 0.25) is 0 Å². The summed E-state index contributed by atoms with van der Waals surface area (Å²) in [6.07, 6.45) is 3.80. The summed E-state index contributed by atoms with van der Waals surface area (Å²) in [6, 6.07) is 3.94. The molecule has 1 unspecified atom stereocenters. The molecule has 1 aliphatic heterocycles. The summed E-state index contributed by atoms with van der Waals surface area (Å²) in [5, 5.41) is 8.88. The highest BCUT2D eigenvalue weighted by Gasteiger charge is 2.25. The van der Waals surface area contributed by atoms with Gasteiger partial charge >= 0.3 is 5.97 Å². The van der Waals surface area contributed by atoms with Gasteiger partial charge in [0.15, 0.2) is 6.10 Å². The fourth-order valence-electron chi connectivity index (χ4n) is 1.89. The molecule has 0 saturated carbocycles. The smallest absolute Gasteiger partial charge is 0.334 e. The summed E-state index contributed by atoms with van der Waals surface area (Å²) in [5.41, 5.74) is 1.17. The minimum absolute atomic E-state index is 0.468. The van der Waals surface area contributed by atoms with Gasteiger partial charge in [0, 0.05) is 32.0 Å². The van der Waals surface area contributed by atoms with Crippen molar-refractivity contribution in [2.45, 2.75) is 12.5 Å². The molecule has 0 bridgehead atoms. The fourth-order valence-corrected chi connectivity index (χ4v) is 1.89. The molecule has 2 heterocycles. The van der Waals surface area contributed by atoms with Crippen LogP contribution >= 0.6 is 0 Å². The largest absolute Gasteiger partial charge is 0.479 e. The lowest BCUT2D eigenvalue weighted by atomic mass is 10.2. The van der Waals surface area contributed by atoms with Crippen LogP contribution in [0.1, 0.15) is 5.56 Å². The number of aliphatic carboxylic acids is 1. The lowest BCUT2D eigenvalue weighted by Crippen LogP contribution is -2.46. The second-order valence-corrected chi connectivity index (χ2v) is 4.11. The molecule has 0 radical (unpaired) electrons. The van der Waals surface area contributed by atoms with Crippen LogP contribution in [0.25, 0.3) is 0 Å². The zero-order valence-electron chi connectivity index (χ0n) is 9.58. The van der Waals surface area contributed by atoms with Gasteiger partial charge in [0.05, 0.1) is 6.61 Å². The molecule has 0 amide bonds. The minimum atomic E-state index is -0.879. The maximum Gasteiger partial charge on any atom is 0.334 e. The molecule has 1 aliphatic rings. The number of nitrogens with zero attached hydrogens (tertiary/aromatic N) is 2. The SMILES string of the molecule is O=C(O)C1CN(CCc2cccnc2)CCO1. The monoisotopic (exact) mass is 236 g/mol. The van der Waals surface area contributed by atoms with Crippen LogP contribution in [0, 0.1) is 0 Å². The standard InChI is InChI=1S/C12H16N2O3/c15-12(16)11-9-14(6-7-17-11)5-3-10-2-1-4-13-8-10/h1-2,4,8,11H,3,5-7,9H2,(H,15,16). The average molecular weight is 236 g/mol. The highest BCUT2D eigenvalue weighted by Crippen LogP contribution is 2.07. The van der Waals surface area contributed by atoms with Gasteiger partial charge in [-0.3, -0.25) is 9.88 Å². The Bertz CT molecular complexity index is 369. The van der Waals surface area contributed by atoms with E-state index in [0.29, 0.717) is 13.2 Å². The van der Waals surface area contributed by atoms with Crippen molar-refractivity contribution in [1.29, 1.82) is 0 Å². The number of carboxylic acids is 1. The Balaban J connectivity index is 1.81. The van der Waals surface area contributed by atoms with Gasteiger partial charge in [-0.15, -0.1) is 0 Å². The van der Waals surface area contributed by atoms with Crippen molar-refractivity contribution in [1.82, 2.24) is 9.88 Å². The van der Waals surface area contributed by atoms with Crippen molar-refractivity contribution in [2.24, 2.45) is 0 Å². The first-order valence-corrected chi connectivity index (χ1v) is 5.71. The molecular formula is C12H16N2O3. The molecule has 1 N–H and O–H groups in total. The number of carbonyl (C=O) groups is 1. The fraction of sp³-hybridized carbons (Fsp3) is 0.500. The Labute approximate surface area is 100 Å². The Kier molecular flexibility index (Phi) is 4.06. The van der Waals surface area contributed by atoms with E-state index in [9.17, 15) is 4.79 Å². The summed E-state index contributed by atoms with van der Waals surface area (Å²) in [6.45, 7) is 2.60. The highest BCUT2D eigenvalue weighted by molar-refractivity contribution is 5.72. The summed E-state index contributed by atoms with van der Waals surface area (Å²) in [7, 11) is 0. The number of ether oxygens (including phenoxy) is 1. The molecule has 0 aromatic carbocycles. The van der Waals surface area contributed by atoms with Crippen LogP contribution in [0.15, 0.2) is 24.5 Å². The van der Waals surface area contributed by atoms with Crippen molar-refractivity contribution < 1.29 is 14.6 Å². The zero-order chi connectivity index (χ0) is 12.1. The Hall–Kier alpha value is -1.46. The summed E-state index contributed by atoms with van der Waals surface area (Å²) >= 11 is 0. The van der Waals surface area contributed by atoms with E-state index in [1.54, 1.807) is 6.20 Å². The van der Waals surface area contributed by atoms with Crippen LogP contribution in [-0.2, 0) is 16.0 Å². The van der Waals surface area contributed by atoms with Gasteiger partial charge in [-0.2, -0.15) is 0 Å². The van der Waals surface area contributed by atoms with Gasteiger partial charge in [0.25, 0.3) is 0 Å². The van der Waals surface area contributed by atoms with Crippen LogP contribution in [0.5, 0.6) is 0 Å². The second kappa shape index (κ2) is 5.75. The van der Waals surface area contributed by atoms with Gasteiger partial charge in [-0.05, 0) is 18.1 Å². The van der Waals surface area contributed by atoms with E-state index in [1.807, 2.05) is 18.3 Å². The van der Waals surface area contributed by atoms with Crippen LogP contribution in [0.2, 0.25) is 0 Å². The molecular weight excluding hydrogens is 220 g/mol. The molecule has 0 aliphatic carbocycles. The van der Waals surface area contributed by atoms with Gasteiger partial charge in [0.1, 0.15) is 0 Å². The van der Waals surface area contributed by atoms with E-state index in [0.717, 1.165) is 19.5 Å². The number of hydrogen-bond donors (Lipinski definition) is 1. The topological polar surface area (TPSA) is 62.7 Å². The van der Waals surface area contributed by atoms with Crippen molar-refractivity contribution >= 4 is 5.97 Å². The van der Waals surface area contributed by atoms with Crippen molar-refractivity contribution in [3.63, 3.8) is 0 Å². The Morgan fingerprint density at radius 1 is 1.65 bits per heavy atom. The summed E-state index contributed by atoms with van der Waals surface area (Å²) in [4.78, 5) is 17.0. The molecule has 1 fully saturated rings. The van der Waals surface area contributed by atoms with E-state index >= 15 is 0 Å². The summed E-state index contributed by atoms with van der Waals surface area (Å²) < 4.78 is 5.17. The predicted octanol–water partition coefficient (Wildman–Crippen LogP) is 0.409. The average Bonchev–Trinajstić information content (AvgIpc) is 2.38. The zero-order valence-corrected chi connectivity index (χ0v) is 9.58. The second-order valence-electron chi connectivity index (χ2n) is 4.11. The Morgan fingerprint density at radius 3 is 3.24 bits per heavy atom. The Morgan fingerprint density at radius 2 is 2.53 bits per heavy atom. The quantitative estimate of drug-likeness (QED) is 0.820. The first-order valence-electron chi connectivity index (χ1n) is 5.71. The van der Waals surface area contributed by atoms with Crippen LogP contribution in [0.3, 0.4) is 0 Å². The van der Waals surface area contributed by atoms with E-state index in [2.05, 4.69) is 9.88 Å². The molecule has 5 nitrogen and oxygen atoms in total. The first kappa shape index (κ1) is 12.0. The van der Waals surface area contributed by atoms with Crippen molar-refractivity contribution in [3.8, 4) is 0 Å². The molecule has 5 heteroatoms. The molecule has 1 aromatic heterocycles. The van der Waals surface area contributed by atoms with E-state index in [-0.39, 0.29) is 0 Å². The molecule has 2 rings (SSSR count). The number of carboxylic acid groups (broad SMARTS) is 1. The van der Waals surface area contributed by atoms with Crippen LogP contribution in [-0.4, -0.2) is 53.3 Å². The maximum absolute atomic E-state index is 10.8. The van der Waals surface area contributed by atoms with Gasteiger partial charge < -0.3 is 9.84 Å². The number of morpholine rings is 1. The lowest BCUT2D eigenvalue weighted by Gasteiger charge is -2.30. The molecule has 1 atom stereocenters. The molecule has 17 heavy (non-hydrogen) atoms. The minimum Gasteiger partial charge on any atom is -0.479 e. The third-order valence-electron chi connectivity index (χ3n) is 2.87. The number of pyridine rings is 1. The third kappa shape index (κ3) is 3.51. The normalized spacial score (nSPS) is 21.3. The molecule has 1 aromatic rings. The number of rotatable bonds is 4. The molecule has 92 valence electrons. The van der Waals surface area contributed by atoms with E-state index in [1.165, 1.54) is 5.56 Å². The van der Waals surface area contributed by atoms with Crippen molar-refractivity contribution in [3.05, 3.63) is 30.1 Å². The van der Waals surface area contributed by atoms with E-state index in [4.69, 9.17) is 9.84 Å². The number of hydrogen-bond acceptors (Lipinski definition) is 4. The van der Waals surface area contributed by atoms with Gasteiger partial charge in [-0.25, -0.2) is 4.79 Å². The highest BCUT2D eigenvalue weighted by atomic mass is 16.5. The predicted molar refractivity (Wildman–Crippen MR) is 61.8 cm³/mol. The van der Waals surface area contributed by atoms with Crippen LogP contribution in [0.4, 0.5) is 0 Å². The van der Waals surface area contributed by atoms with Gasteiger partial charge in [-0.1, -0.05) is 6.07 Å². The first-order chi connectivity index (χ1) is 8.25. The van der Waals surface area contributed by atoms with Crippen LogP contribution < -0.4 is 0 Å². The van der Waals surface area contributed by atoms with Crippen molar-refractivity contribution in [2.75, 3.05) is 26.2 Å². The molecule has 0 spiro atoms. The summed E-state index contributed by atoms with van der Waals surface area (Å²) in [5.74, 6) is -0.879. The lowest BCUT2D eigenvalue weighted by molar-refractivity contribution is -0.155. The number of aromatic nitrogens is 1. The van der Waals surface area contributed by atoms with E-state index < -0.39 is 12.1 Å². The third-order valence-corrected chi connectivity index (χ3v) is 2.87.